The van der Waals surface area contributed by atoms with Crippen LogP contribution in [0.3, 0.4) is 0 Å². The van der Waals surface area contributed by atoms with Gasteiger partial charge in [0.1, 0.15) is 4.62 Å². The van der Waals surface area contributed by atoms with Crippen molar-refractivity contribution >= 4 is 20.6 Å². The number of hydrogen-bond acceptors (Lipinski definition) is 1. The molecule has 0 radical (unpaired) electrons. The van der Waals surface area contributed by atoms with E-state index in [0.29, 0.717) is 5.92 Å². The Morgan fingerprint density at radius 2 is 2.30 bits per heavy atom. The Labute approximate surface area is 69.7 Å². The predicted molar refractivity (Wildman–Crippen MR) is 48.4 cm³/mol. The summed E-state index contributed by atoms with van der Waals surface area (Å²) in [5.74, 6) is 0.499. The fraction of sp³-hybridized carbons (Fsp3) is 0.375. The third-order valence-corrected chi connectivity index (χ3v) is 1.77. The Bertz CT molecular complexity index is 213. The molecular formula is C8H10BrN. The topological polar surface area (TPSA) is 12.4 Å². The highest BCUT2D eigenvalue weighted by molar-refractivity contribution is 9.18. The molecule has 0 saturated heterocycles. The van der Waals surface area contributed by atoms with Gasteiger partial charge in [-0.1, -0.05) is 19.1 Å². The van der Waals surface area contributed by atoms with Gasteiger partial charge in [-0.05, 0) is 34.8 Å². The van der Waals surface area contributed by atoms with Gasteiger partial charge < -0.3 is 0 Å². The van der Waals surface area contributed by atoms with Crippen molar-refractivity contribution < 1.29 is 0 Å². The van der Waals surface area contributed by atoms with Crippen LogP contribution in [-0.4, -0.2) is 4.62 Å². The lowest BCUT2D eigenvalue weighted by atomic mass is 10.1. The minimum absolute atomic E-state index is 0.499. The van der Waals surface area contributed by atoms with Gasteiger partial charge in [-0.3, -0.25) is 0 Å². The average Bonchev–Trinajstić information content (AvgIpc) is 1.93. The number of aliphatic imine (C=N–C) groups is 1. The summed E-state index contributed by atoms with van der Waals surface area (Å²) in [6, 6.07) is 0. The molecule has 0 spiro atoms. The van der Waals surface area contributed by atoms with Crippen LogP contribution >= 0.6 is 15.9 Å². The molecule has 0 aromatic carbocycles. The van der Waals surface area contributed by atoms with E-state index in [9.17, 15) is 0 Å². The smallest absolute Gasteiger partial charge is 0.106 e. The van der Waals surface area contributed by atoms with E-state index in [-0.39, 0.29) is 0 Å². The predicted octanol–water partition coefficient (Wildman–Crippen LogP) is 2.89. The quantitative estimate of drug-likeness (QED) is 0.570. The van der Waals surface area contributed by atoms with E-state index >= 15 is 0 Å². The van der Waals surface area contributed by atoms with Gasteiger partial charge in [0.05, 0.1) is 0 Å². The van der Waals surface area contributed by atoms with E-state index in [1.165, 1.54) is 0 Å². The molecule has 1 unspecified atom stereocenters. The van der Waals surface area contributed by atoms with Crippen LogP contribution in [0.15, 0.2) is 28.9 Å². The van der Waals surface area contributed by atoms with E-state index < -0.39 is 0 Å². The van der Waals surface area contributed by atoms with Gasteiger partial charge in [0.15, 0.2) is 0 Å². The highest BCUT2D eigenvalue weighted by Gasteiger charge is 1.98. The highest BCUT2D eigenvalue weighted by Crippen LogP contribution is 2.12. The summed E-state index contributed by atoms with van der Waals surface area (Å²) >= 11 is 3.33. The van der Waals surface area contributed by atoms with Gasteiger partial charge in [0, 0.05) is 5.70 Å². The Balaban J connectivity index is 2.88. The van der Waals surface area contributed by atoms with Gasteiger partial charge in [-0.25, -0.2) is 4.99 Å². The molecule has 2 heteroatoms. The molecule has 0 saturated carbocycles. The first-order valence-corrected chi connectivity index (χ1v) is 4.08. The highest BCUT2D eigenvalue weighted by atomic mass is 79.9. The molecule has 0 aromatic rings. The zero-order valence-corrected chi connectivity index (χ0v) is 7.72. The lowest BCUT2D eigenvalue weighted by Gasteiger charge is -1.94. The van der Waals surface area contributed by atoms with Crippen molar-refractivity contribution in [1.29, 1.82) is 0 Å². The van der Waals surface area contributed by atoms with Crippen molar-refractivity contribution in [2.75, 3.05) is 0 Å². The third kappa shape index (κ3) is 2.10. The van der Waals surface area contributed by atoms with Crippen LogP contribution in [0, 0.1) is 5.92 Å². The molecule has 0 aliphatic carbocycles. The van der Waals surface area contributed by atoms with Gasteiger partial charge >= 0.3 is 0 Å². The van der Waals surface area contributed by atoms with Crippen LogP contribution < -0.4 is 0 Å². The first-order valence-electron chi connectivity index (χ1n) is 3.29. The molecule has 1 aliphatic heterocycles. The SMILES string of the molecule is CC1=CC(C)C=CC(Br)=N1. The Morgan fingerprint density at radius 3 is 3.00 bits per heavy atom. The summed E-state index contributed by atoms with van der Waals surface area (Å²) in [7, 11) is 0. The molecule has 1 heterocycles. The average molecular weight is 200 g/mol. The van der Waals surface area contributed by atoms with Crippen molar-refractivity contribution in [1.82, 2.24) is 0 Å². The monoisotopic (exact) mass is 199 g/mol. The lowest BCUT2D eigenvalue weighted by molar-refractivity contribution is 0.927. The minimum Gasteiger partial charge on any atom is -0.247 e. The normalized spacial score (nSPS) is 25.3. The molecule has 54 valence electrons. The van der Waals surface area contributed by atoms with Crippen molar-refractivity contribution in [3.05, 3.63) is 23.9 Å². The fourth-order valence-electron chi connectivity index (χ4n) is 0.910. The van der Waals surface area contributed by atoms with E-state index in [1.54, 1.807) is 0 Å². The zero-order chi connectivity index (χ0) is 7.56. The Morgan fingerprint density at radius 1 is 1.60 bits per heavy atom. The van der Waals surface area contributed by atoms with Crippen LogP contribution in [0.25, 0.3) is 0 Å². The Kier molecular flexibility index (Phi) is 2.44. The summed E-state index contributed by atoms with van der Waals surface area (Å²) in [5, 5.41) is 0. The maximum Gasteiger partial charge on any atom is 0.106 e. The molecule has 10 heavy (non-hydrogen) atoms. The summed E-state index contributed by atoms with van der Waals surface area (Å²) in [5.41, 5.74) is 1.07. The molecule has 0 aromatic heterocycles. The maximum absolute atomic E-state index is 4.23. The Hall–Kier alpha value is -0.370. The summed E-state index contributed by atoms with van der Waals surface area (Å²) in [6.07, 6.45) is 6.23. The lowest BCUT2D eigenvalue weighted by Crippen LogP contribution is -1.80. The number of hydrogen-bond donors (Lipinski definition) is 0. The van der Waals surface area contributed by atoms with Crippen molar-refractivity contribution in [3.8, 4) is 0 Å². The largest absolute Gasteiger partial charge is 0.247 e. The number of halogens is 1. The van der Waals surface area contributed by atoms with Gasteiger partial charge in [-0.15, -0.1) is 0 Å². The molecule has 1 nitrogen and oxygen atoms in total. The van der Waals surface area contributed by atoms with Gasteiger partial charge in [0.25, 0.3) is 0 Å². The first kappa shape index (κ1) is 7.73. The van der Waals surface area contributed by atoms with Crippen LogP contribution in [0.2, 0.25) is 0 Å². The summed E-state index contributed by atoms with van der Waals surface area (Å²) < 4.78 is 0.908. The van der Waals surface area contributed by atoms with Crippen LogP contribution in [0.1, 0.15) is 13.8 Å². The third-order valence-electron chi connectivity index (χ3n) is 1.32. The summed E-state index contributed by atoms with van der Waals surface area (Å²) in [6.45, 7) is 4.14. The second-order valence-electron chi connectivity index (χ2n) is 2.46. The van der Waals surface area contributed by atoms with E-state index in [0.717, 1.165) is 10.3 Å². The second-order valence-corrected chi connectivity index (χ2v) is 3.27. The molecule has 1 aliphatic rings. The first-order chi connectivity index (χ1) is 4.68. The second kappa shape index (κ2) is 3.15. The molecule has 1 atom stereocenters. The van der Waals surface area contributed by atoms with Crippen LogP contribution in [0.4, 0.5) is 0 Å². The molecule has 1 rings (SSSR count). The van der Waals surface area contributed by atoms with E-state index in [1.807, 2.05) is 13.0 Å². The number of allylic oxidation sites excluding steroid dienone is 4. The number of rotatable bonds is 0. The van der Waals surface area contributed by atoms with Gasteiger partial charge in [0.2, 0.25) is 0 Å². The molecular weight excluding hydrogens is 190 g/mol. The van der Waals surface area contributed by atoms with E-state index in [4.69, 9.17) is 0 Å². The van der Waals surface area contributed by atoms with Crippen molar-refractivity contribution in [2.45, 2.75) is 13.8 Å². The van der Waals surface area contributed by atoms with Crippen LogP contribution in [0.5, 0.6) is 0 Å². The van der Waals surface area contributed by atoms with Crippen LogP contribution in [-0.2, 0) is 0 Å². The molecule has 0 N–H and O–H groups in total. The standard InChI is InChI=1S/C8H10BrN/c1-6-3-4-8(9)10-7(2)5-6/h3-6H,1-2H3. The zero-order valence-electron chi connectivity index (χ0n) is 6.13. The number of nitrogens with zero attached hydrogens (tertiary/aromatic N) is 1. The van der Waals surface area contributed by atoms with Crippen molar-refractivity contribution in [2.24, 2.45) is 10.9 Å². The molecule has 0 fully saturated rings. The molecule has 0 bridgehead atoms. The molecule has 0 amide bonds. The van der Waals surface area contributed by atoms with E-state index in [2.05, 4.69) is 40.0 Å². The maximum atomic E-state index is 4.23. The minimum atomic E-state index is 0.499. The van der Waals surface area contributed by atoms with Crippen molar-refractivity contribution in [3.63, 3.8) is 0 Å². The fourth-order valence-corrected chi connectivity index (χ4v) is 1.34. The van der Waals surface area contributed by atoms with Gasteiger partial charge in [-0.2, -0.15) is 0 Å². The summed E-state index contributed by atoms with van der Waals surface area (Å²) in [4.78, 5) is 4.23.